The van der Waals surface area contributed by atoms with E-state index in [1.165, 1.54) is 0 Å². The van der Waals surface area contributed by atoms with Gasteiger partial charge in [-0.15, -0.1) is 0 Å². The van der Waals surface area contributed by atoms with Crippen molar-refractivity contribution in [1.29, 1.82) is 0 Å². The number of rotatable bonds is 7. The number of hydrogen-bond donors (Lipinski definition) is 2. The molecule has 0 radical (unpaired) electrons. The second-order valence-electron chi connectivity index (χ2n) is 4.73. The van der Waals surface area contributed by atoms with Gasteiger partial charge in [-0.05, 0) is 36.2 Å². The van der Waals surface area contributed by atoms with Gasteiger partial charge in [0.05, 0.1) is 13.0 Å². The summed E-state index contributed by atoms with van der Waals surface area (Å²) in [5.74, 6) is 0.532. The summed E-state index contributed by atoms with van der Waals surface area (Å²) in [5, 5.41) is 3.34. The molecule has 4 nitrogen and oxygen atoms in total. The van der Waals surface area contributed by atoms with E-state index in [1.807, 2.05) is 55.5 Å². The fourth-order valence-electron chi connectivity index (χ4n) is 2.14. The summed E-state index contributed by atoms with van der Waals surface area (Å²) >= 11 is 0. The summed E-state index contributed by atoms with van der Waals surface area (Å²) in [6.07, 6.45) is 0.238. The smallest absolute Gasteiger partial charge is 0.221 e. The second-order valence-corrected chi connectivity index (χ2v) is 4.73. The van der Waals surface area contributed by atoms with Crippen molar-refractivity contribution in [3.8, 4) is 5.75 Å². The Morgan fingerprint density at radius 3 is 2.76 bits per heavy atom. The van der Waals surface area contributed by atoms with E-state index in [2.05, 4.69) is 5.32 Å². The maximum atomic E-state index is 11.1. The quantitative estimate of drug-likeness (QED) is 0.821. The molecule has 0 saturated carbocycles. The minimum atomic E-state index is -0.331. The van der Waals surface area contributed by atoms with Crippen LogP contribution in [0.1, 0.15) is 18.1 Å². The molecule has 0 unspecified atom stereocenters. The van der Waals surface area contributed by atoms with Gasteiger partial charge in [-0.3, -0.25) is 4.79 Å². The number of hydrogen-bond acceptors (Lipinski definition) is 3. The fraction of sp³-hybridized carbons (Fsp3) is 0.235. The van der Waals surface area contributed by atoms with Gasteiger partial charge in [-0.2, -0.15) is 0 Å². The molecule has 0 bridgehead atoms. The first-order valence-corrected chi connectivity index (χ1v) is 7.01. The van der Waals surface area contributed by atoms with Gasteiger partial charge in [-0.1, -0.05) is 30.3 Å². The molecule has 110 valence electrons. The average Bonchev–Trinajstić information content (AvgIpc) is 2.47. The molecule has 2 rings (SSSR count). The molecule has 0 heterocycles. The first-order valence-electron chi connectivity index (χ1n) is 7.01. The van der Waals surface area contributed by atoms with E-state index in [9.17, 15) is 4.79 Å². The molecule has 4 heteroatoms. The van der Waals surface area contributed by atoms with E-state index in [0.717, 1.165) is 22.6 Å². The summed E-state index contributed by atoms with van der Waals surface area (Å²) in [6, 6.07) is 15.6. The van der Waals surface area contributed by atoms with Gasteiger partial charge in [0.25, 0.3) is 0 Å². The van der Waals surface area contributed by atoms with Crippen molar-refractivity contribution in [3.63, 3.8) is 0 Å². The Balaban J connectivity index is 2.06. The van der Waals surface area contributed by atoms with Gasteiger partial charge < -0.3 is 15.8 Å². The molecule has 0 aliphatic heterocycles. The van der Waals surface area contributed by atoms with Crippen molar-refractivity contribution in [2.75, 3.05) is 11.9 Å². The SMILES string of the molecule is CCOc1cccc(CNc2ccccc2CC(N)=O)c1. The highest BCUT2D eigenvalue weighted by Crippen LogP contribution is 2.18. The third-order valence-corrected chi connectivity index (χ3v) is 3.07. The number of anilines is 1. The van der Waals surface area contributed by atoms with E-state index < -0.39 is 0 Å². The van der Waals surface area contributed by atoms with E-state index in [1.54, 1.807) is 0 Å². The molecule has 1 amide bonds. The largest absolute Gasteiger partial charge is 0.494 e. The lowest BCUT2D eigenvalue weighted by Gasteiger charge is -2.12. The lowest BCUT2D eigenvalue weighted by molar-refractivity contribution is -0.117. The van der Waals surface area contributed by atoms with Crippen molar-refractivity contribution in [2.45, 2.75) is 19.9 Å². The van der Waals surface area contributed by atoms with Crippen LogP contribution < -0.4 is 15.8 Å². The van der Waals surface area contributed by atoms with Crippen LogP contribution in [0.2, 0.25) is 0 Å². The van der Waals surface area contributed by atoms with E-state index in [0.29, 0.717) is 13.2 Å². The molecule has 0 aliphatic rings. The highest BCUT2D eigenvalue weighted by Gasteiger charge is 2.05. The number of carbonyl (C=O) groups is 1. The summed E-state index contributed by atoms with van der Waals surface area (Å²) in [7, 11) is 0. The van der Waals surface area contributed by atoms with Crippen LogP contribution >= 0.6 is 0 Å². The molecule has 0 aromatic heterocycles. The average molecular weight is 284 g/mol. The first kappa shape index (κ1) is 14.9. The normalized spacial score (nSPS) is 10.1. The molecule has 3 N–H and O–H groups in total. The van der Waals surface area contributed by atoms with Crippen LogP contribution in [0.5, 0.6) is 5.75 Å². The van der Waals surface area contributed by atoms with E-state index in [-0.39, 0.29) is 12.3 Å². The van der Waals surface area contributed by atoms with Crippen molar-refractivity contribution >= 4 is 11.6 Å². The zero-order valence-electron chi connectivity index (χ0n) is 12.1. The van der Waals surface area contributed by atoms with Crippen LogP contribution in [0, 0.1) is 0 Å². The molecule has 2 aromatic carbocycles. The number of benzene rings is 2. The van der Waals surface area contributed by atoms with Gasteiger partial charge in [-0.25, -0.2) is 0 Å². The Morgan fingerprint density at radius 2 is 2.00 bits per heavy atom. The first-order chi connectivity index (χ1) is 10.2. The highest BCUT2D eigenvalue weighted by atomic mass is 16.5. The third kappa shape index (κ3) is 4.53. The van der Waals surface area contributed by atoms with Crippen LogP contribution in [0.15, 0.2) is 48.5 Å². The number of para-hydroxylation sites is 1. The maximum absolute atomic E-state index is 11.1. The van der Waals surface area contributed by atoms with Crippen LogP contribution in [0.25, 0.3) is 0 Å². The molecular weight excluding hydrogens is 264 g/mol. The molecule has 0 atom stereocenters. The minimum Gasteiger partial charge on any atom is -0.494 e. The minimum absolute atomic E-state index is 0.238. The van der Waals surface area contributed by atoms with Crippen molar-refractivity contribution in [3.05, 3.63) is 59.7 Å². The summed E-state index contributed by atoms with van der Waals surface area (Å²) in [4.78, 5) is 11.1. The molecule has 0 saturated heterocycles. The van der Waals surface area contributed by atoms with Gasteiger partial charge in [0, 0.05) is 12.2 Å². The van der Waals surface area contributed by atoms with Crippen molar-refractivity contribution in [2.24, 2.45) is 5.73 Å². The van der Waals surface area contributed by atoms with Crippen molar-refractivity contribution < 1.29 is 9.53 Å². The molecular formula is C17H20N2O2. The van der Waals surface area contributed by atoms with Crippen LogP contribution in [0.3, 0.4) is 0 Å². The van der Waals surface area contributed by atoms with Crippen LogP contribution in [0.4, 0.5) is 5.69 Å². The number of primary amides is 1. The Bertz CT molecular complexity index is 611. The zero-order valence-corrected chi connectivity index (χ0v) is 12.1. The summed E-state index contributed by atoms with van der Waals surface area (Å²) < 4.78 is 5.49. The fourth-order valence-corrected chi connectivity index (χ4v) is 2.14. The Morgan fingerprint density at radius 1 is 1.19 bits per heavy atom. The Kier molecular flexibility index (Phi) is 5.21. The lowest BCUT2D eigenvalue weighted by Crippen LogP contribution is -2.15. The topological polar surface area (TPSA) is 64.3 Å². The van der Waals surface area contributed by atoms with Gasteiger partial charge in [0.1, 0.15) is 5.75 Å². The van der Waals surface area contributed by atoms with Gasteiger partial charge >= 0.3 is 0 Å². The van der Waals surface area contributed by atoms with Crippen molar-refractivity contribution in [1.82, 2.24) is 0 Å². The molecule has 21 heavy (non-hydrogen) atoms. The summed E-state index contributed by atoms with van der Waals surface area (Å²) in [6.45, 7) is 3.28. The van der Waals surface area contributed by atoms with Gasteiger partial charge in [0.15, 0.2) is 0 Å². The summed E-state index contributed by atoms with van der Waals surface area (Å²) in [5.41, 5.74) is 8.23. The number of nitrogens with two attached hydrogens (primary N) is 1. The molecule has 2 aromatic rings. The van der Waals surface area contributed by atoms with Crippen LogP contribution in [-0.4, -0.2) is 12.5 Å². The monoisotopic (exact) mass is 284 g/mol. The standard InChI is InChI=1S/C17H20N2O2/c1-2-21-15-8-5-6-13(10-15)12-19-16-9-4-3-7-14(16)11-17(18)20/h3-10,19H,2,11-12H2,1H3,(H2,18,20). The zero-order chi connectivity index (χ0) is 15.1. The molecule has 0 spiro atoms. The predicted octanol–water partition coefficient (Wildman–Crippen LogP) is 2.73. The number of amides is 1. The predicted molar refractivity (Wildman–Crippen MR) is 84.3 cm³/mol. The van der Waals surface area contributed by atoms with Crippen LogP contribution in [-0.2, 0) is 17.8 Å². The molecule has 0 aliphatic carbocycles. The molecule has 0 fully saturated rings. The Hall–Kier alpha value is -2.49. The number of nitrogens with one attached hydrogen (secondary N) is 1. The third-order valence-electron chi connectivity index (χ3n) is 3.07. The highest BCUT2D eigenvalue weighted by molar-refractivity contribution is 5.78. The maximum Gasteiger partial charge on any atom is 0.221 e. The second kappa shape index (κ2) is 7.33. The van der Waals surface area contributed by atoms with Gasteiger partial charge in [0.2, 0.25) is 5.91 Å². The van der Waals surface area contributed by atoms with E-state index in [4.69, 9.17) is 10.5 Å². The number of ether oxygens (including phenoxy) is 1. The number of carbonyl (C=O) groups excluding carboxylic acids is 1. The Labute approximate surface area is 124 Å². The van der Waals surface area contributed by atoms with E-state index >= 15 is 0 Å². The lowest BCUT2D eigenvalue weighted by atomic mass is 10.1.